The van der Waals surface area contributed by atoms with Crippen LogP contribution in [-0.4, -0.2) is 21.0 Å². The number of aryl methyl sites for hydroxylation is 1. The standard InChI is InChI=1S/C24H20N4O5S/c1-12(2)9-18-25-26-24(34-18)27-20(14-5-4-6-15(11-14)28(31)32)19-21(29)16-10-13(3)7-8-17(16)33-22(19)23(27)30/h4-8,10-12,20H,9H2,1-3H3. The number of hydrogen-bond acceptors (Lipinski definition) is 8. The summed E-state index contributed by atoms with van der Waals surface area (Å²) in [5.41, 5.74) is 1.25. The summed E-state index contributed by atoms with van der Waals surface area (Å²) in [5.74, 6) is -0.270. The SMILES string of the molecule is Cc1ccc2oc3c(c(=O)c2c1)C(c1cccc([N+](=O)[O-])c1)N(c1nnc(CC(C)C)s1)C3=O. The average molecular weight is 477 g/mol. The van der Waals surface area contributed by atoms with Crippen LogP contribution in [-0.2, 0) is 6.42 Å². The molecular weight excluding hydrogens is 456 g/mol. The van der Waals surface area contributed by atoms with Crippen LogP contribution in [0, 0.1) is 23.0 Å². The molecule has 1 amide bonds. The highest BCUT2D eigenvalue weighted by atomic mass is 32.1. The van der Waals surface area contributed by atoms with Gasteiger partial charge in [0.05, 0.1) is 21.9 Å². The fourth-order valence-electron chi connectivity index (χ4n) is 4.18. The van der Waals surface area contributed by atoms with Crippen molar-refractivity contribution in [3.63, 3.8) is 0 Å². The first-order chi connectivity index (χ1) is 16.2. The predicted molar refractivity (Wildman–Crippen MR) is 127 cm³/mol. The van der Waals surface area contributed by atoms with Crippen molar-refractivity contribution in [2.45, 2.75) is 33.2 Å². The van der Waals surface area contributed by atoms with E-state index in [0.29, 0.717) is 34.0 Å². The van der Waals surface area contributed by atoms with E-state index >= 15 is 0 Å². The molecule has 0 aliphatic carbocycles. The summed E-state index contributed by atoms with van der Waals surface area (Å²) in [5, 5.41) is 21.3. The number of nitro groups is 1. The third-order valence-corrected chi connectivity index (χ3v) is 6.61. The number of carbonyl (C=O) groups excluding carboxylic acids is 1. The van der Waals surface area contributed by atoms with Crippen LogP contribution in [0.15, 0.2) is 51.7 Å². The molecule has 1 aliphatic rings. The molecule has 0 N–H and O–H groups in total. The summed E-state index contributed by atoms with van der Waals surface area (Å²) in [6.07, 6.45) is 0.689. The maximum absolute atomic E-state index is 13.6. The first-order valence-electron chi connectivity index (χ1n) is 10.7. The van der Waals surface area contributed by atoms with Crippen molar-refractivity contribution in [1.82, 2.24) is 10.2 Å². The van der Waals surface area contributed by atoms with Gasteiger partial charge in [-0.2, -0.15) is 0 Å². The van der Waals surface area contributed by atoms with E-state index in [-0.39, 0.29) is 22.4 Å². The lowest BCUT2D eigenvalue weighted by Crippen LogP contribution is -2.29. The number of anilines is 1. The molecule has 4 aromatic rings. The Kier molecular flexibility index (Phi) is 5.24. The summed E-state index contributed by atoms with van der Waals surface area (Å²) in [6.45, 7) is 5.97. The highest BCUT2D eigenvalue weighted by Gasteiger charge is 2.45. The van der Waals surface area contributed by atoms with Crippen LogP contribution < -0.4 is 10.3 Å². The molecule has 0 saturated heterocycles. The van der Waals surface area contributed by atoms with E-state index < -0.39 is 16.9 Å². The Morgan fingerprint density at radius 1 is 1.18 bits per heavy atom. The molecule has 0 saturated carbocycles. The van der Waals surface area contributed by atoms with Gasteiger partial charge in [0.1, 0.15) is 10.6 Å². The highest BCUT2D eigenvalue weighted by Crippen LogP contribution is 2.42. The third-order valence-electron chi connectivity index (χ3n) is 5.67. The van der Waals surface area contributed by atoms with E-state index in [9.17, 15) is 19.7 Å². The summed E-state index contributed by atoms with van der Waals surface area (Å²) in [4.78, 5) is 39.5. The van der Waals surface area contributed by atoms with Gasteiger partial charge in [0.15, 0.2) is 5.43 Å². The molecule has 34 heavy (non-hydrogen) atoms. The number of carbonyl (C=O) groups is 1. The van der Waals surface area contributed by atoms with Crippen LogP contribution in [0.2, 0.25) is 0 Å². The number of nitro benzene ring substituents is 1. The van der Waals surface area contributed by atoms with Crippen molar-refractivity contribution < 1.29 is 14.1 Å². The van der Waals surface area contributed by atoms with Gasteiger partial charge in [0.2, 0.25) is 10.9 Å². The second kappa shape index (κ2) is 8.14. The summed E-state index contributed by atoms with van der Waals surface area (Å²) >= 11 is 1.26. The van der Waals surface area contributed by atoms with Crippen molar-refractivity contribution in [1.29, 1.82) is 0 Å². The summed E-state index contributed by atoms with van der Waals surface area (Å²) in [6, 6.07) is 10.2. The lowest BCUT2D eigenvalue weighted by atomic mass is 9.98. The number of aromatic nitrogens is 2. The van der Waals surface area contributed by atoms with Crippen molar-refractivity contribution in [3.8, 4) is 0 Å². The molecule has 3 heterocycles. The molecule has 0 fully saturated rings. The van der Waals surface area contributed by atoms with Crippen LogP contribution in [0.4, 0.5) is 10.8 Å². The molecule has 0 spiro atoms. The molecule has 2 aromatic carbocycles. The first-order valence-corrected chi connectivity index (χ1v) is 11.5. The quantitative estimate of drug-likeness (QED) is 0.299. The van der Waals surface area contributed by atoms with E-state index in [1.807, 2.05) is 6.92 Å². The Balaban J connectivity index is 1.76. The Bertz CT molecular complexity index is 1520. The number of hydrogen-bond donors (Lipinski definition) is 0. The van der Waals surface area contributed by atoms with Gasteiger partial charge < -0.3 is 4.42 Å². The average Bonchev–Trinajstić information content (AvgIpc) is 3.36. The number of amides is 1. The van der Waals surface area contributed by atoms with Gasteiger partial charge in [0.25, 0.3) is 11.6 Å². The normalized spacial score (nSPS) is 15.4. The number of nitrogens with zero attached hydrogens (tertiary/aromatic N) is 4. The summed E-state index contributed by atoms with van der Waals surface area (Å²) < 4.78 is 5.94. The van der Waals surface area contributed by atoms with Crippen molar-refractivity contribution in [2.75, 3.05) is 4.90 Å². The lowest BCUT2D eigenvalue weighted by Gasteiger charge is -2.21. The zero-order valence-corrected chi connectivity index (χ0v) is 19.5. The number of rotatable bonds is 5. The third kappa shape index (κ3) is 3.56. The molecule has 0 radical (unpaired) electrons. The van der Waals surface area contributed by atoms with Crippen LogP contribution in [0.25, 0.3) is 11.0 Å². The molecule has 9 nitrogen and oxygen atoms in total. The van der Waals surface area contributed by atoms with E-state index in [2.05, 4.69) is 24.0 Å². The van der Waals surface area contributed by atoms with Gasteiger partial charge in [-0.15, -0.1) is 10.2 Å². The van der Waals surface area contributed by atoms with Gasteiger partial charge in [-0.05, 0) is 30.5 Å². The number of benzene rings is 2. The summed E-state index contributed by atoms with van der Waals surface area (Å²) in [7, 11) is 0. The van der Waals surface area contributed by atoms with E-state index in [1.54, 1.807) is 24.3 Å². The monoisotopic (exact) mass is 476 g/mol. The second-order valence-corrected chi connectivity index (χ2v) is 9.72. The largest absolute Gasteiger partial charge is 0.450 e. The van der Waals surface area contributed by atoms with Crippen LogP contribution in [0.5, 0.6) is 0 Å². The Labute approximate surface area is 197 Å². The molecule has 10 heteroatoms. The van der Waals surface area contributed by atoms with Gasteiger partial charge >= 0.3 is 0 Å². The van der Waals surface area contributed by atoms with Crippen LogP contribution >= 0.6 is 11.3 Å². The molecule has 1 aliphatic heterocycles. The second-order valence-electron chi connectivity index (χ2n) is 8.68. The molecular formula is C24H20N4O5S. The van der Waals surface area contributed by atoms with Gasteiger partial charge in [-0.1, -0.05) is 48.9 Å². The molecule has 0 bridgehead atoms. The fourth-order valence-corrected chi connectivity index (χ4v) is 5.26. The van der Waals surface area contributed by atoms with Gasteiger partial charge in [0, 0.05) is 18.6 Å². The highest BCUT2D eigenvalue weighted by molar-refractivity contribution is 7.15. The van der Waals surface area contributed by atoms with Crippen LogP contribution in [0.1, 0.15) is 52.1 Å². The molecule has 1 unspecified atom stereocenters. The molecule has 2 aromatic heterocycles. The molecule has 1 atom stereocenters. The lowest BCUT2D eigenvalue weighted by molar-refractivity contribution is -0.384. The number of non-ortho nitro benzene ring substituents is 1. The van der Waals surface area contributed by atoms with Crippen molar-refractivity contribution >= 4 is 39.0 Å². The topological polar surface area (TPSA) is 119 Å². The Hall–Kier alpha value is -3.92. The number of fused-ring (bicyclic) bond motifs is 2. The fraction of sp³-hybridized carbons (Fsp3) is 0.250. The smallest absolute Gasteiger partial charge is 0.297 e. The first kappa shape index (κ1) is 21.9. The maximum atomic E-state index is 13.6. The van der Waals surface area contributed by atoms with Crippen LogP contribution in [0.3, 0.4) is 0 Å². The predicted octanol–water partition coefficient (Wildman–Crippen LogP) is 4.81. The maximum Gasteiger partial charge on any atom is 0.297 e. The van der Waals surface area contributed by atoms with E-state index in [0.717, 1.165) is 10.6 Å². The zero-order chi connectivity index (χ0) is 24.1. The Morgan fingerprint density at radius 3 is 2.71 bits per heavy atom. The zero-order valence-electron chi connectivity index (χ0n) is 18.6. The van der Waals surface area contributed by atoms with E-state index in [1.165, 1.54) is 34.4 Å². The van der Waals surface area contributed by atoms with E-state index in [4.69, 9.17) is 4.42 Å². The molecule has 5 rings (SSSR count). The molecule has 172 valence electrons. The minimum atomic E-state index is -0.927. The van der Waals surface area contributed by atoms with Gasteiger partial charge in [-0.3, -0.25) is 24.6 Å². The Morgan fingerprint density at radius 2 is 1.97 bits per heavy atom. The minimum Gasteiger partial charge on any atom is -0.450 e. The van der Waals surface area contributed by atoms with Gasteiger partial charge in [-0.25, -0.2) is 0 Å². The minimum absolute atomic E-state index is 0.0848. The van der Waals surface area contributed by atoms with Crippen molar-refractivity contribution in [2.24, 2.45) is 5.92 Å². The van der Waals surface area contributed by atoms with Crippen molar-refractivity contribution in [3.05, 3.63) is 90.3 Å².